The van der Waals surface area contributed by atoms with Crippen LogP contribution in [0.25, 0.3) is 0 Å². The second-order valence-electron chi connectivity index (χ2n) is 7.98. The summed E-state index contributed by atoms with van der Waals surface area (Å²) in [5.74, 6) is 0.00951. The first kappa shape index (κ1) is 20.9. The Kier molecular flexibility index (Phi) is 5.63. The van der Waals surface area contributed by atoms with E-state index in [2.05, 4.69) is 4.98 Å². The van der Waals surface area contributed by atoms with Gasteiger partial charge in [-0.05, 0) is 49.1 Å². The summed E-state index contributed by atoms with van der Waals surface area (Å²) in [7, 11) is -3.83. The predicted octanol–water partition coefficient (Wildman–Crippen LogP) is 3.29. The Hall–Kier alpha value is -2.32. The normalized spacial score (nSPS) is 17.7. The van der Waals surface area contributed by atoms with Crippen LogP contribution < -0.4 is 0 Å². The van der Waals surface area contributed by atoms with Crippen LogP contribution >= 0.6 is 0 Å². The lowest BCUT2D eigenvalue weighted by Crippen LogP contribution is -2.38. The predicted molar refractivity (Wildman–Crippen MR) is 110 cm³/mol. The van der Waals surface area contributed by atoms with Crippen LogP contribution in [0, 0.1) is 11.7 Å². The zero-order valence-electron chi connectivity index (χ0n) is 17.2. The SMILES string of the molecule is CCN(C(C)c1ccc(F)cc1)S(=O)(=O)c1ccc2c(n1)CCN(C(=O)C1CC1)C2. The van der Waals surface area contributed by atoms with Crippen LogP contribution in [0.5, 0.6) is 0 Å². The smallest absolute Gasteiger partial charge is 0.261 e. The molecule has 6 nitrogen and oxygen atoms in total. The van der Waals surface area contributed by atoms with Crippen molar-refractivity contribution in [2.75, 3.05) is 13.1 Å². The molecule has 2 aromatic rings. The Labute approximate surface area is 176 Å². The fraction of sp³-hybridized carbons (Fsp3) is 0.455. The highest BCUT2D eigenvalue weighted by Gasteiger charge is 2.35. The summed E-state index contributed by atoms with van der Waals surface area (Å²) in [5, 5.41) is 0.0130. The molecule has 2 aliphatic rings. The summed E-state index contributed by atoms with van der Waals surface area (Å²) < 4.78 is 41.3. The number of hydrogen-bond acceptors (Lipinski definition) is 4. The lowest BCUT2D eigenvalue weighted by atomic mass is 10.1. The molecule has 0 spiro atoms. The van der Waals surface area contributed by atoms with E-state index in [0.717, 1.165) is 24.1 Å². The van der Waals surface area contributed by atoms with Gasteiger partial charge in [0.05, 0.1) is 0 Å². The third-order valence-electron chi connectivity index (χ3n) is 5.93. The highest BCUT2D eigenvalue weighted by Crippen LogP contribution is 2.33. The Morgan fingerprint density at radius 2 is 1.93 bits per heavy atom. The molecule has 1 atom stereocenters. The Morgan fingerprint density at radius 3 is 2.57 bits per heavy atom. The van der Waals surface area contributed by atoms with Gasteiger partial charge < -0.3 is 4.90 Å². The van der Waals surface area contributed by atoms with Gasteiger partial charge >= 0.3 is 0 Å². The lowest BCUT2D eigenvalue weighted by Gasteiger charge is -2.30. The topological polar surface area (TPSA) is 70.6 Å². The number of rotatable bonds is 6. The maximum absolute atomic E-state index is 13.3. The van der Waals surface area contributed by atoms with Crippen molar-refractivity contribution >= 4 is 15.9 Å². The quantitative estimate of drug-likeness (QED) is 0.704. The van der Waals surface area contributed by atoms with E-state index in [1.54, 1.807) is 32.0 Å². The summed E-state index contributed by atoms with van der Waals surface area (Å²) in [6.45, 7) is 4.89. The first-order valence-corrected chi connectivity index (χ1v) is 11.8. The van der Waals surface area contributed by atoms with E-state index in [9.17, 15) is 17.6 Å². The standard InChI is InChI=1S/C22H26FN3O3S/c1-3-26(15(2)16-6-9-19(23)10-7-16)30(28,29)21-11-8-18-14-25(13-12-20(18)24-21)22(27)17-4-5-17/h6-11,15,17H,3-5,12-14H2,1-2H3. The number of aromatic nitrogens is 1. The maximum Gasteiger partial charge on any atom is 0.261 e. The summed E-state index contributed by atoms with van der Waals surface area (Å²) in [5.41, 5.74) is 2.36. The molecule has 0 radical (unpaired) electrons. The highest BCUT2D eigenvalue weighted by atomic mass is 32.2. The van der Waals surface area contributed by atoms with Gasteiger partial charge in [-0.2, -0.15) is 4.31 Å². The molecule has 160 valence electrons. The highest BCUT2D eigenvalue weighted by molar-refractivity contribution is 7.89. The van der Waals surface area contributed by atoms with Crippen molar-refractivity contribution in [3.8, 4) is 0 Å². The zero-order chi connectivity index (χ0) is 21.5. The van der Waals surface area contributed by atoms with Gasteiger partial charge in [0.1, 0.15) is 5.82 Å². The minimum absolute atomic E-state index is 0.0130. The summed E-state index contributed by atoms with van der Waals surface area (Å²) >= 11 is 0. The van der Waals surface area contributed by atoms with Crippen molar-refractivity contribution in [2.24, 2.45) is 5.92 Å². The molecule has 1 aromatic heterocycles. The molecule has 0 N–H and O–H groups in total. The van der Waals surface area contributed by atoms with E-state index >= 15 is 0 Å². The minimum Gasteiger partial charge on any atom is -0.338 e. The Morgan fingerprint density at radius 1 is 1.23 bits per heavy atom. The fourth-order valence-electron chi connectivity index (χ4n) is 4.00. The molecule has 1 aromatic carbocycles. The van der Waals surface area contributed by atoms with Crippen LogP contribution in [0.1, 0.15) is 49.6 Å². The molecule has 4 rings (SSSR count). The number of pyridine rings is 1. The number of halogens is 1. The third-order valence-corrected chi connectivity index (χ3v) is 7.88. The average molecular weight is 432 g/mol. The summed E-state index contributed by atoms with van der Waals surface area (Å²) in [6.07, 6.45) is 2.49. The maximum atomic E-state index is 13.3. The molecule has 1 aliphatic carbocycles. The number of carbonyl (C=O) groups excluding carboxylic acids is 1. The molecule has 1 unspecified atom stereocenters. The number of sulfonamides is 1. The molecule has 8 heteroatoms. The lowest BCUT2D eigenvalue weighted by molar-refractivity contribution is -0.133. The first-order chi connectivity index (χ1) is 14.3. The minimum atomic E-state index is -3.83. The first-order valence-electron chi connectivity index (χ1n) is 10.4. The van der Waals surface area contributed by atoms with Crippen LogP contribution in [0.15, 0.2) is 41.4 Å². The summed E-state index contributed by atoms with van der Waals surface area (Å²) in [6, 6.07) is 8.71. The number of nitrogens with zero attached hydrogens (tertiary/aromatic N) is 3. The molecular formula is C22H26FN3O3S. The van der Waals surface area contributed by atoms with Crippen LogP contribution in [-0.2, 0) is 27.8 Å². The van der Waals surface area contributed by atoms with Crippen molar-refractivity contribution in [3.63, 3.8) is 0 Å². The van der Waals surface area contributed by atoms with Crippen LogP contribution in [0.4, 0.5) is 4.39 Å². The molecule has 30 heavy (non-hydrogen) atoms. The van der Waals surface area contributed by atoms with Crippen LogP contribution in [-0.4, -0.2) is 41.6 Å². The number of hydrogen-bond donors (Lipinski definition) is 0. The second kappa shape index (κ2) is 8.07. The van der Waals surface area contributed by atoms with Gasteiger partial charge in [0.25, 0.3) is 10.0 Å². The van der Waals surface area contributed by atoms with Crippen LogP contribution in [0.2, 0.25) is 0 Å². The van der Waals surface area contributed by atoms with Gasteiger partial charge in [-0.15, -0.1) is 0 Å². The van der Waals surface area contributed by atoms with E-state index in [0.29, 0.717) is 25.1 Å². The molecule has 1 aliphatic heterocycles. The van der Waals surface area contributed by atoms with E-state index < -0.39 is 16.1 Å². The van der Waals surface area contributed by atoms with Gasteiger partial charge in [0, 0.05) is 43.7 Å². The number of carbonyl (C=O) groups is 1. The van der Waals surface area contributed by atoms with Crippen molar-refractivity contribution in [3.05, 3.63) is 59.0 Å². The number of fused-ring (bicyclic) bond motifs is 1. The molecule has 1 amide bonds. The third kappa shape index (κ3) is 3.98. The molecule has 1 saturated carbocycles. The van der Waals surface area contributed by atoms with Crippen molar-refractivity contribution in [2.45, 2.75) is 50.7 Å². The monoisotopic (exact) mass is 431 g/mol. The number of benzene rings is 1. The molecule has 2 heterocycles. The largest absolute Gasteiger partial charge is 0.338 e. The van der Waals surface area contributed by atoms with Gasteiger partial charge in [-0.25, -0.2) is 17.8 Å². The second-order valence-corrected chi connectivity index (χ2v) is 9.81. The average Bonchev–Trinajstić information content (AvgIpc) is 3.58. The van der Waals surface area contributed by atoms with E-state index in [1.165, 1.54) is 22.5 Å². The van der Waals surface area contributed by atoms with Crippen molar-refractivity contribution in [1.29, 1.82) is 0 Å². The van der Waals surface area contributed by atoms with Crippen molar-refractivity contribution in [1.82, 2.24) is 14.2 Å². The van der Waals surface area contributed by atoms with Gasteiger partial charge in [0.15, 0.2) is 5.03 Å². The molecule has 1 fully saturated rings. The Bertz CT molecular complexity index is 1050. The van der Waals surface area contributed by atoms with E-state index in [4.69, 9.17) is 0 Å². The van der Waals surface area contributed by atoms with Gasteiger partial charge in [0.2, 0.25) is 5.91 Å². The Balaban J connectivity index is 1.57. The fourth-order valence-corrected chi connectivity index (χ4v) is 5.58. The van der Waals surface area contributed by atoms with Crippen molar-refractivity contribution < 1.29 is 17.6 Å². The zero-order valence-corrected chi connectivity index (χ0v) is 18.0. The van der Waals surface area contributed by atoms with Gasteiger partial charge in [-0.1, -0.05) is 25.1 Å². The molecule has 0 bridgehead atoms. The number of amides is 1. The van der Waals surface area contributed by atoms with Gasteiger partial charge in [-0.3, -0.25) is 4.79 Å². The molecular weight excluding hydrogens is 405 g/mol. The molecule has 0 saturated heterocycles. The van der Waals surface area contributed by atoms with Crippen LogP contribution in [0.3, 0.4) is 0 Å². The summed E-state index contributed by atoms with van der Waals surface area (Å²) in [4.78, 5) is 18.7. The van der Waals surface area contributed by atoms with E-state index in [-0.39, 0.29) is 29.2 Å². The van der Waals surface area contributed by atoms with E-state index in [1.807, 2.05) is 4.90 Å².